The Kier molecular flexibility index (Phi) is 9.56. The van der Waals surface area contributed by atoms with Crippen LogP contribution in [0.15, 0.2) is 48.7 Å². The average Bonchev–Trinajstić information content (AvgIpc) is 2.58. The number of pyridine rings is 1. The molecule has 0 aliphatic heterocycles. The smallest absolute Gasteiger partial charge is 0.422 e. The summed E-state index contributed by atoms with van der Waals surface area (Å²) in [5, 5.41) is 2.67. The molecular weight excluding hydrogens is 406 g/mol. The highest BCUT2D eigenvalue weighted by Gasteiger charge is 2.30. The molecule has 27 heavy (non-hydrogen) atoms. The summed E-state index contributed by atoms with van der Waals surface area (Å²) in [6.45, 7) is 0.246. The zero-order chi connectivity index (χ0) is 18.5. The molecule has 0 bridgehead atoms. The first kappa shape index (κ1) is 25.0. The van der Waals surface area contributed by atoms with Crippen LogP contribution < -0.4 is 15.8 Å². The van der Waals surface area contributed by atoms with E-state index in [1.54, 1.807) is 37.3 Å². The summed E-state index contributed by atoms with van der Waals surface area (Å²) in [6.07, 6.45) is -3.13. The number of ether oxygens (including phenoxy) is 1. The van der Waals surface area contributed by atoms with Gasteiger partial charge in [-0.1, -0.05) is 30.3 Å². The quantitative estimate of drug-likeness (QED) is 0.743. The van der Waals surface area contributed by atoms with Crippen LogP contribution in [0, 0.1) is 0 Å². The van der Waals surface area contributed by atoms with Gasteiger partial charge in [0.25, 0.3) is 0 Å². The van der Waals surface area contributed by atoms with Gasteiger partial charge in [-0.25, -0.2) is 4.98 Å². The number of carbonyl (C=O) groups is 1. The molecule has 0 radical (unpaired) electrons. The standard InChI is InChI=1S/C17H18F3N3O2.2ClH/c1-16(21,13-5-3-2-4-6-13)15(24)23-10-12-7-8-22-14(9-12)25-11-17(18,19)20;;/h2-9H,10-11,21H2,1H3,(H,23,24);2*1H. The van der Waals surface area contributed by atoms with Crippen LogP contribution >= 0.6 is 24.8 Å². The predicted octanol–water partition coefficient (Wildman–Crippen LogP) is 3.36. The van der Waals surface area contributed by atoms with Gasteiger partial charge in [-0.2, -0.15) is 13.2 Å². The fourth-order valence-electron chi connectivity index (χ4n) is 2.08. The topological polar surface area (TPSA) is 77.2 Å². The number of nitrogens with two attached hydrogens (primary N) is 1. The Labute approximate surface area is 167 Å². The summed E-state index contributed by atoms with van der Waals surface area (Å²) in [5.41, 5.74) is 6.06. The lowest BCUT2D eigenvalue weighted by atomic mass is 9.92. The second-order valence-electron chi connectivity index (χ2n) is 5.66. The number of alkyl halides is 3. The maximum absolute atomic E-state index is 12.3. The zero-order valence-corrected chi connectivity index (χ0v) is 16.0. The average molecular weight is 426 g/mol. The van der Waals surface area contributed by atoms with Crippen molar-refractivity contribution in [3.8, 4) is 5.88 Å². The highest BCUT2D eigenvalue weighted by atomic mass is 35.5. The van der Waals surface area contributed by atoms with E-state index < -0.39 is 24.2 Å². The second kappa shape index (κ2) is 10.3. The van der Waals surface area contributed by atoms with E-state index in [4.69, 9.17) is 5.73 Å². The summed E-state index contributed by atoms with van der Waals surface area (Å²) >= 11 is 0. The number of hydrogen-bond acceptors (Lipinski definition) is 4. The maximum atomic E-state index is 12.3. The highest BCUT2D eigenvalue weighted by molar-refractivity contribution is 5.87. The molecule has 0 saturated heterocycles. The van der Waals surface area contributed by atoms with Crippen molar-refractivity contribution in [1.82, 2.24) is 10.3 Å². The summed E-state index contributed by atoms with van der Waals surface area (Å²) in [5.74, 6) is -0.573. The number of hydrogen-bond donors (Lipinski definition) is 2. The van der Waals surface area contributed by atoms with Crippen molar-refractivity contribution in [2.45, 2.75) is 25.2 Å². The van der Waals surface area contributed by atoms with Crippen molar-refractivity contribution in [2.75, 3.05) is 6.61 Å². The molecule has 0 fully saturated rings. The number of amides is 1. The minimum atomic E-state index is -4.44. The largest absolute Gasteiger partial charge is 0.468 e. The van der Waals surface area contributed by atoms with Gasteiger partial charge in [0.1, 0.15) is 5.54 Å². The van der Waals surface area contributed by atoms with Gasteiger partial charge < -0.3 is 15.8 Å². The van der Waals surface area contributed by atoms with E-state index in [9.17, 15) is 18.0 Å². The molecule has 0 aliphatic rings. The Balaban J connectivity index is 0.00000338. The van der Waals surface area contributed by atoms with E-state index in [0.717, 1.165) is 0 Å². The number of carbonyl (C=O) groups excluding carboxylic acids is 1. The van der Waals surface area contributed by atoms with Gasteiger partial charge in [0.2, 0.25) is 11.8 Å². The van der Waals surface area contributed by atoms with Gasteiger partial charge in [0.15, 0.2) is 6.61 Å². The molecular formula is C17H20Cl2F3N3O2. The minimum absolute atomic E-state index is 0. The zero-order valence-electron chi connectivity index (χ0n) is 14.3. The summed E-state index contributed by atoms with van der Waals surface area (Å²) in [6, 6.07) is 11.8. The Bertz CT molecular complexity index is 729. The van der Waals surface area contributed by atoms with Crippen LogP contribution in [-0.4, -0.2) is 23.7 Å². The van der Waals surface area contributed by atoms with E-state index in [0.29, 0.717) is 11.1 Å². The normalized spacial score (nSPS) is 12.8. The molecule has 10 heteroatoms. The van der Waals surface area contributed by atoms with Gasteiger partial charge in [-0.15, -0.1) is 24.8 Å². The molecule has 1 amide bonds. The van der Waals surface area contributed by atoms with Crippen molar-refractivity contribution >= 4 is 30.7 Å². The van der Waals surface area contributed by atoms with Crippen LogP contribution in [-0.2, 0) is 16.9 Å². The Morgan fingerprint density at radius 3 is 2.41 bits per heavy atom. The van der Waals surface area contributed by atoms with Crippen LogP contribution in [0.1, 0.15) is 18.1 Å². The minimum Gasteiger partial charge on any atom is -0.468 e. The number of halogens is 5. The SMILES string of the molecule is CC(N)(C(=O)NCc1ccnc(OCC(F)(F)F)c1)c1ccccc1.Cl.Cl. The van der Waals surface area contributed by atoms with E-state index >= 15 is 0 Å². The maximum Gasteiger partial charge on any atom is 0.422 e. The molecule has 0 saturated carbocycles. The lowest BCUT2D eigenvalue weighted by Crippen LogP contribution is -2.48. The van der Waals surface area contributed by atoms with Gasteiger partial charge in [-0.05, 0) is 24.1 Å². The van der Waals surface area contributed by atoms with Crippen molar-refractivity contribution in [2.24, 2.45) is 5.73 Å². The molecule has 1 heterocycles. The third-order valence-electron chi connectivity index (χ3n) is 3.48. The number of benzene rings is 1. The Morgan fingerprint density at radius 2 is 1.81 bits per heavy atom. The highest BCUT2D eigenvalue weighted by Crippen LogP contribution is 2.19. The third-order valence-corrected chi connectivity index (χ3v) is 3.48. The first-order valence-corrected chi connectivity index (χ1v) is 7.46. The van der Waals surface area contributed by atoms with Gasteiger partial charge in [-0.3, -0.25) is 4.79 Å². The number of nitrogens with zero attached hydrogens (tertiary/aromatic N) is 1. The van der Waals surface area contributed by atoms with E-state index in [1.807, 2.05) is 6.07 Å². The van der Waals surface area contributed by atoms with Crippen molar-refractivity contribution in [3.05, 3.63) is 59.8 Å². The summed E-state index contributed by atoms with van der Waals surface area (Å²) in [7, 11) is 0. The summed E-state index contributed by atoms with van der Waals surface area (Å²) < 4.78 is 41.1. The molecule has 1 unspecified atom stereocenters. The van der Waals surface area contributed by atoms with Crippen LogP contribution in [0.5, 0.6) is 5.88 Å². The van der Waals surface area contributed by atoms with Crippen LogP contribution in [0.4, 0.5) is 13.2 Å². The van der Waals surface area contributed by atoms with Crippen LogP contribution in [0.3, 0.4) is 0 Å². The molecule has 0 aliphatic carbocycles. The fourth-order valence-corrected chi connectivity index (χ4v) is 2.08. The van der Waals surface area contributed by atoms with Crippen LogP contribution in [0.2, 0.25) is 0 Å². The lowest BCUT2D eigenvalue weighted by molar-refractivity contribution is -0.154. The molecule has 0 spiro atoms. The second-order valence-corrected chi connectivity index (χ2v) is 5.66. The van der Waals surface area contributed by atoms with E-state index in [1.165, 1.54) is 12.3 Å². The van der Waals surface area contributed by atoms with E-state index in [2.05, 4.69) is 15.0 Å². The van der Waals surface area contributed by atoms with Crippen molar-refractivity contribution < 1.29 is 22.7 Å². The summed E-state index contributed by atoms with van der Waals surface area (Å²) in [4.78, 5) is 16.1. The number of aromatic nitrogens is 1. The van der Waals surface area contributed by atoms with Gasteiger partial charge in [0, 0.05) is 18.8 Å². The molecule has 5 nitrogen and oxygen atoms in total. The van der Waals surface area contributed by atoms with Crippen molar-refractivity contribution in [3.63, 3.8) is 0 Å². The Hall–Kier alpha value is -2.03. The molecule has 150 valence electrons. The number of rotatable bonds is 6. The fraction of sp³-hybridized carbons (Fsp3) is 0.294. The van der Waals surface area contributed by atoms with Gasteiger partial charge >= 0.3 is 6.18 Å². The van der Waals surface area contributed by atoms with Crippen molar-refractivity contribution in [1.29, 1.82) is 0 Å². The molecule has 1 atom stereocenters. The molecule has 1 aromatic carbocycles. The molecule has 2 aromatic rings. The van der Waals surface area contributed by atoms with Crippen LogP contribution in [0.25, 0.3) is 0 Å². The Morgan fingerprint density at radius 1 is 1.19 bits per heavy atom. The van der Waals surface area contributed by atoms with E-state index in [-0.39, 0.29) is 37.2 Å². The van der Waals surface area contributed by atoms with Gasteiger partial charge in [0.05, 0.1) is 0 Å². The first-order valence-electron chi connectivity index (χ1n) is 7.46. The predicted molar refractivity (Wildman–Crippen MR) is 100 cm³/mol. The molecule has 1 aromatic heterocycles. The monoisotopic (exact) mass is 425 g/mol. The first-order chi connectivity index (χ1) is 11.7. The molecule has 2 rings (SSSR count). The lowest BCUT2D eigenvalue weighted by Gasteiger charge is -2.24. The number of nitrogens with one attached hydrogen (secondary N) is 1. The molecule has 3 N–H and O–H groups in total. The third kappa shape index (κ3) is 7.62.